The predicted molar refractivity (Wildman–Crippen MR) is 82.7 cm³/mol. The molecular formula is C17H11ClN2O. The van der Waals surface area contributed by atoms with E-state index >= 15 is 0 Å². The second-order valence-electron chi connectivity index (χ2n) is 4.66. The Hall–Kier alpha value is -2.57. The maximum absolute atomic E-state index is 9.28. The number of aromatic nitrogens is 1. The molecule has 3 aromatic rings. The summed E-state index contributed by atoms with van der Waals surface area (Å²) in [6, 6.07) is 16.9. The fourth-order valence-electron chi connectivity index (χ4n) is 2.04. The van der Waals surface area contributed by atoms with Gasteiger partial charge in [0.25, 0.3) is 0 Å². The second kappa shape index (κ2) is 5.43. The fraction of sp³-hybridized carbons (Fsp3) is 0.0588. The summed E-state index contributed by atoms with van der Waals surface area (Å²) in [4.78, 5) is 4.42. The number of benzene rings is 2. The average molecular weight is 295 g/mol. The van der Waals surface area contributed by atoms with Crippen molar-refractivity contribution in [2.45, 2.75) is 6.92 Å². The van der Waals surface area contributed by atoms with Gasteiger partial charge in [0.2, 0.25) is 5.88 Å². The highest BCUT2D eigenvalue weighted by atomic mass is 35.5. The summed E-state index contributed by atoms with van der Waals surface area (Å²) in [5.41, 5.74) is 2.11. The molecule has 0 fully saturated rings. The van der Waals surface area contributed by atoms with E-state index in [9.17, 15) is 5.26 Å². The molecule has 0 unspecified atom stereocenters. The van der Waals surface area contributed by atoms with Crippen LogP contribution in [0.4, 0.5) is 0 Å². The maximum atomic E-state index is 9.28. The van der Waals surface area contributed by atoms with Crippen LogP contribution in [0.5, 0.6) is 11.6 Å². The monoisotopic (exact) mass is 294 g/mol. The zero-order chi connectivity index (χ0) is 14.8. The number of halogens is 1. The van der Waals surface area contributed by atoms with Crippen molar-refractivity contribution in [1.29, 1.82) is 5.26 Å². The van der Waals surface area contributed by atoms with Crippen LogP contribution in [0, 0.1) is 18.3 Å². The smallest absolute Gasteiger partial charge is 0.237 e. The summed E-state index contributed by atoms with van der Waals surface area (Å²) in [6.45, 7) is 1.92. The van der Waals surface area contributed by atoms with Gasteiger partial charge >= 0.3 is 0 Å². The molecule has 21 heavy (non-hydrogen) atoms. The Morgan fingerprint density at radius 2 is 1.95 bits per heavy atom. The van der Waals surface area contributed by atoms with Crippen LogP contribution >= 0.6 is 11.6 Å². The Balaban J connectivity index is 2.11. The molecule has 0 saturated carbocycles. The number of fused-ring (bicyclic) bond motifs is 1. The highest BCUT2D eigenvalue weighted by Gasteiger charge is 2.10. The lowest BCUT2D eigenvalue weighted by atomic mass is 10.1. The summed E-state index contributed by atoms with van der Waals surface area (Å²) in [5.74, 6) is 0.892. The summed E-state index contributed by atoms with van der Waals surface area (Å²) < 4.78 is 5.80. The van der Waals surface area contributed by atoms with Crippen molar-refractivity contribution in [1.82, 2.24) is 4.98 Å². The van der Waals surface area contributed by atoms with Gasteiger partial charge in [0.1, 0.15) is 17.4 Å². The largest absolute Gasteiger partial charge is 0.437 e. The molecule has 0 bridgehead atoms. The Kier molecular flexibility index (Phi) is 3.47. The summed E-state index contributed by atoms with van der Waals surface area (Å²) in [6.07, 6.45) is 0. The Bertz CT molecular complexity index is 868. The SMILES string of the molecule is Cc1ccc(Cl)cc1Oc1nc2ccccc2cc1C#N. The summed E-state index contributed by atoms with van der Waals surface area (Å²) in [7, 11) is 0. The van der Waals surface area contributed by atoms with E-state index in [2.05, 4.69) is 11.1 Å². The number of pyridine rings is 1. The van der Waals surface area contributed by atoms with Gasteiger partial charge in [0, 0.05) is 10.4 Å². The molecule has 1 heterocycles. The molecule has 3 nitrogen and oxygen atoms in total. The van der Waals surface area contributed by atoms with Crippen molar-refractivity contribution in [3.8, 4) is 17.7 Å². The number of hydrogen-bond acceptors (Lipinski definition) is 3. The number of rotatable bonds is 2. The molecule has 0 spiro atoms. The van der Waals surface area contributed by atoms with Gasteiger partial charge in [-0.3, -0.25) is 0 Å². The van der Waals surface area contributed by atoms with E-state index in [1.165, 1.54) is 0 Å². The van der Waals surface area contributed by atoms with Gasteiger partial charge in [0.05, 0.1) is 5.52 Å². The molecule has 102 valence electrons. The third-order valence-electron chi connectivity index (χ3n) is 3.17. The molecule has 0 amide bonds. The van der Waals surface area contributed by atoms with E-state index in [1.807, 2.05) is 37.3 Å². The van der Waals surface area contributed by atoms with Gasteiger partial charge in [-0.05, 0) is 36.8 Å². The topological polar surface area (TPSA) is 45.9 Å². The second-order valence-corrected chi connectivity index (χ2v) is 5.09. The molecule has 0 saturated heterocycles. The molecule has 0 aliphatic carbocycles. The molecule has 0 N–H and O–H groups in total. The van der Waals surface area contributed by atoms with Gasteiger partial charge < -0.3 is 4.74 Å². The van der Waals surface area contributed by atoms with Crippen molar-refractivity contribution in [3.63, 3.8) is 0 Å². The summed E-state index contributed by atoms with van der Waals surface area (Å²) >= 11 is 5.99. The minimum Gasteiger partial charge on any atom is -0.437 e. The van der Waals surface area contributed by atoms with E-state index < -0.39 is 0 Å². The van der Waals surface area contributed by atoms with Gasteiger partial charge in [-0.15, -0.1) is 0 Å². The third kappa shape index (κ3) is 2.67. The van der Waals surface area contributed by atoms with Gasteiger partial charge in [-0.2, -0.15) is 5.26 Å². The Labute approximate surface area is 127 Å². The highest BCUT2D eigenvalue weighted by Crippen LogP contribution is 2.30. The van der Waals surface area contributed by atoms with Crippen LogP contribution < -0.4 is 4.74 Å². The predicted octanol–water partition coefficient (Wildman–Crippen LogP) is 4.86. The van der Waals surface area contributed by atoms with E-state index in [4.69, 9.17) is 16.3 Å². The van der Waals surface area contributed by atoms with Crippen molar-refractivity contribution in [2.24, 2.45) is 0 Å². The number of ether oxygens (including phenoxy) is 1. The number of aryl methyl sites for hydroxylation is 1. The van der Waals surface area contributed by atoms with E-state index in [0.717, 1.165) is 16.5 Å². The molecule has 0 radical (unpaired) electrons. The van der Waals surface area contributed by atoms with Crippen molar-refractivity contribution in [3.05, 3.63) is 64.7 Å². The lowest BCUT2D eigenvalue weighted by Crippen LogP contribution is -1.94. The fourth-order valence-corrected chi connectivity index (χ4v) is 2.21. The standard InChI is InChI=1S/C17H11ClN2O/c1-11-6-7-14(18)9-16(11)21-17-13(10-19)8-12-4-2-3-5-15(12)20-17/h2-9H,1H3. The molecule has 0 aliphatic heterocycles. The zero-order valence-electron chi connectivity index (χ0n) is 11.3. The van der Waals surface area contributed by atoms with E-state index in [0.29, 0.717) is 22.2 Å². The van der Waals surface area contributed by atoms with Crippen molar-refractivity contribution in [2.75, 3.05) is 0 Å². The van der Waals surface area contributed by atoms with Crippen molar-refractivity contribution >= 4 is 22.5 Å². The first kappa shape index (κ1) is 13.4. The Morgan fingerprint density at radius 1 is 1.14 bits per heavy atom. The van der Waals surface area contributed by atoms with Gasteiger partial charge in [-0.25, -0.2) is 4.98 Å². The molecule has 0 atom stereocenters. The van der Waals surface area contributed by atoms with Crippen LogP contribution in [0.15, 0.2) is 48.5 Å². The van der Waals surface area contributed by atoms with E-state index in [1.54, 1.807) is 18.2 Å². The van der Waals surface area contributed by atoms with Gasteiger partial charge in [-0.1, -0.05) is 35.9 Å². The average Bonchev–Trinajstić information content (AvgIpc) is 2.50. The molecule has 3 rings (SSSR count). The lowest BCUT2D eigenvalue weighted by molar-refractivity contribution is 0.460. The molecule has 1 aromatic heterocycles. The lowest BCUT2D eigenvalue weighted by Gasteiger charge is -2.10. The first-order valence-electron chi connectivity index (χ1n) is 6.41. The normalized spacial score (nSPS) is 10.3. The van der Waals surface area contributed by atoms with Crippen LogP contribution in [0.25, 0.3) is 10.9 Å². The molecule has 2 aromatic carbocycles. The minimum atomic E-state index is 0.293. The van der Waals surface area contributed by atoms with Crippen LogP contribution in [-0.2, 0) is 0 Å². The zero-order valence-corrected chi connectivity index (χ0v) is 12.1. The molecule has 0 aliphatic rings. The number of nitrogens with zero attached hydrogens (tertiary/aromatic N) is 2. The maximum Gasteiger partial charge on any atom is 0.237 e. The molecule has 4 heteroatoms. The Morgan fingerprint density at radius 3 is 2.76 bits per heavy atom. The number of hydrogen-bond donors (Lipinski definition) is 0. The van der Waals surface area contributed by atoms with Gasteiger partial charge in [0.15, 0.2) is 0 Å². The van der Waals surface area contributed by atoms with Crippen LogP contribution in [0.3, 0.4) is 0 Å². The highest BCUT2D eigenvalue weighted by molar-refractivity contribution is 6.30. The quantitative estimate of drug-likeness (QED) is 0.678. The third-order valence-corrected chi connectivity index (χ3v) is 3.40. The number of nitriles is 1. The molecular weight excluding hydrogens is 284 g/mol. The first-order chi connectivity index (χ1) is 10.2. The van der Waals surface area contributed by atoms with Crippen LogP contribution in [0.2, 0.25) is 5.02 Å². The first-order valence-corrected chi connectivity index (χ1v) is 6.79. The van der Waals surface area contributed by atoms with Crippen LogP contribution in [0.1, 0.15) is 11.1 Å². The van der Waals surface area contributed by atoms with Crippen LogP contribution in [-0.4, -0.2) is 4.98 Å². The number of para-hydroxylation sites is 1. The van der Waals surface area contributed by atoms with Crippen molar-refractivity contribution < 1.29 is 4.74 Å². The minimum absolute atomic E-state index is 0.293. The summed E-state index contributed by atoms with van der Waals surface area (Å²) in [5, 5.41) is 10.8. The van der Waals surface area contributed by atoms with E-state index in [-0.39, 0.29) is 0 Å².